The number of hydrogen-bond donors (Lipinski definition) is 1. The Balaban J connectivity index is 2.42. The molecule has 1 N–H and O–H groups in total. The predicted octanol–water partition coefficient (Wildman–Crippen LogP) is 0.723. The number of likely N-dealkylation sites (N-methyl/N-ethyl adjacent to an activating group) is 1. The highest BCUT2D eigenvalue weighted by atomic mass is 16.4. The smallest absolute Gasteiger partial charge is 0.328 e. The summed E-state index contributed by atoms with van der Waals surface area (Å²) >= 11 is 0. The summed E-state index contributed by atoms with van der Waals surface area (Å²) in [5.74, 6) is -1.44. The summed E-state index contributed by atoms with van der Waals surface area (Å²) in [7, 11) is 1.63. The molecule has 0 radical (unpaired) electrons. The molecule has 0 aromatic carbocycles. The molecule has 0 aliphatic rings. The lowest BCUT2D eigenvalue weighted by Crippen LogP contribution is -2.27. The van der Waals surface area contributed by atoms with Gasteiger partial charge in [-0.3, -0.25) is 9.78 Å². The van der Waals surface area contributed by atoms with E-state index in [2.05, 4.69) is 4.98 Å². The normalized spacial score (nSPS) is 10.4. The molecule has 1 amide bonds. The first kappa shape index (κ1) is 12.9. The number of pyridine rings is 1. The Bertz CT molecular complexity index is 415. The van der Waals surface area contributed by atoms with Crippen molar-refractivity contribution in [3.63, 3.8) is 0 Å². The number of aliphatic carboxylic acids is 1. The molecular weight excluding hydrogens is 220 g/mol. The van der Waals surface area contributed by atoms with Crippen LogP contribution in [0, 0.1) is 0 Å². The lowest BCUT2D eigenvalue weighted by atomic mass is 10.2. The molecule has 0 aliphatic carbocycles. The van der Waals surface area contributed by atoms with E-state index < -0.39 is 5.97 Å². The van der Waals surface area contributed by atoms with Gasteiger partial charge in [-0.05, 0) is 24.1 Å². The zero-order valence-corrected chi connectivity index (χ0v) is 9.54. The monoisotopic (exact) mass is 234 g/mol. The van der Waals surface area contributed by atoms with Gasteiger partial charge >= 0.3 is 5.97 Å². The van der Waals surface area contributed by atoms with Crippen LogP contribution >= 0.6 is 0 Å². The van der Waals surface area contributed by atoms with Crippen LogP contribution in [-0.4, -0.2) is 40.5 Å². The van der Waals surface area contributed by atoms with Gasteiger partial charge in [-0.2, -0.15) is 0 Å². The van der Waals surface area contributed by atoms with Crippen LogP contribution in [0.5, 0.6) is 0 Å². The molecule has 17 heavy (non-hydrogen) atoms. The van der Waals surface area contributed by atoms with Crippen LogP contribution in [0.15, 0.2) is 36.7 Å². The molecule has 90 valence electrons. The third kappa shape index (κ3) is 4.92. The minimum absolute atomic E-state index is 0.318. The lowest BCUT2D eigenvalue weighted by molar-refractivity contribution is -0.132. The highest BCUT2D eigenvalue weighted by Crippen LogP contribution is 1.99. The summed E-state index contributed by atoms with van der Waals surface area (Å²) in [5, 5.41) is 8.39. The molecule has 5 heteroatoms. The van der Waals surface area contributed by atoms with Gasteiger partial charge in [-0.25, -0.2) is 4.79 Å². The van der Waals surface area contributed by atoms with Crippen molar-refractivity contribution < 1.29 is 14.7 Å². The largest absolute Gasteiger partial charge is 0.478 e. The molecule has 0 saturated carbocycles. The van der Waals surface area contributed by atoms with E-state index in [-0.39, 0.29) is 5.91 Å². The Labute approximate surface area is 99.4 Å². The van der Waals surface area contributed by atoms with Gasteiger partial charge in [0.2, 0.25) is 5.91 Å². The van der Waals surface area contributed by atoms with E-state index in [0.717, 1.165) is 17.7 Å². The third-order valence-electron chi connectivity index (χ3n) is 2.23. The molecule has 0 aliphatic heterocycles. The number of carbonyl (C=O) groups excluding carboxylic acids is 1. The van der Waals surface area contributed by atoms with Crippen LogP contribution in [0.1, 0.15) is 5.56 Å². The minimum Gasteiger partial charge on any atom is -0.478 e. The Kier molecular flexibility index (Phi) is 4.87. The second kappa shape index (κ2) is 6.42. The standard InChI is InChI=1S/C12H14N2O3/c1-14(11(15)2-3-12(16)17)9-6-10-4-7-13-8-5-10/h2-5,7-8H,6,9H2,1H3,(H,16,17). The van der Waals surface area contributed by atoms with E-state index in [9.17, 15) is 9.59 Å². The van der Waals surface area contributed by atoms with Gasteiger partial charge in [0.25, 0.3) is 0 Å². The van der Waals surface area contributed by atoms with Gasteiger partial charge in [0.15, 0.2) is 0 Å². The van der Waals surface area contributed by atoms with E-state index >= 15 is 0 Å². The van der Waals surface area contributed by atoms with Crippen molar-refractivity contribution in [3.05, 3.63) is 42.2 Å². The fourth-order valence-corrected chi connectivity index (χ4v) is 1.23. The van der Waals surface area contributed by atoms with Crippen LogP contribution < -0.4 is 0 Å². The molecular formula is C12H14N2O3. The second-order valence-electron chi connectivity index (χ2n) is 3.54. The molecule has 1 heterocycles. The lowest BCUT2D eigenvalue weighted by Gasteiger charge is -2.14. The SMILES string of the molecule is CN(CCc1ccncc1)C(=O)C=CC(=O)O. The zero-order chi connectivity index (χ0) is 12.7. The number of aromatic nitrogens is 1. The molecule has 0 bridgehead atoms. The Morgan fingerprint density at radius 2 is 2.00 bits per heavy atom. The molecule has 5 nitrogen and oxygen atoms in total. The molecule has 1 rings (SSSR count). The van der Waals surface area contributed by atoms with Gasteiger partial charge < -0.3 is 10.0 Å². The fraction of sp³-hybridized carbons (Fsp3) is 0.250. The summed E-state index contributed by atoms with van der Waals surface area (Å²) in [6.07, 6.45) is 5.99. The molecule has 0 unspecified atom stereocenters. The molecule has 0 atom stereocenters. The number of carboxylic acids is 1. The number of carbonyl (C=O) groups is 2. The van der Waals surface area contributed by atoms with Gasteiger partial charge in [0, 0.05) is 38.1 Å². The maximum Gasteiger partial charge on any atom is 0.328 e. The van der Waals surface area contributed by atoms with E-state index in [1.807, 2.05) is 12.1 Å². The van der Waals surface area contributed by atoms with Crippen LogP contribution in [-0.2, 0) is 16.0 Å². The first-order valence-corrected chi connectivity index (χ1v) is 5.14. The number of hydrogen-bond acceptors (Lipinski definition) is 3. The Morgan fingerprint density at radius 3 is 2.59 bits per heavy atom. The van der Waals surface area contributed by atoms with Crippen LogP contribution in [0.3, 0.4) is 0 Å². The number of nitrogens with zero attached hydrogens (tertiary/aromatic N) is 2. The average Bonchev–Trinajstić information content (AvgIpc) is 2.34. The highest BCUT2D eigenvalue weighted by Gasteiger charge is 2.05. The van der Waals surface area contributed by atoms with Crippen molar-refractivity contribution in [2.75, 3.05) is 13.6 Å². The summed E-state index contributed by atoms with van der Waals surface area (Å²) in [4.78, 5) is 27.0. The van der Waals surface area contributed by atoms with Crippen molar-refractivity contribution in [2.45, 2.75) is 6.42 Å². The zero-order valence-electron chi connectivity index (χ0n) is 9.54. The first-order chi connectivity index (χ1) is 8.09. The minimum atomic E-state index is -1.12. The van der Waals surface area contributed by atoms with Crippen molar-refractivity contribution in [3.8, 4) is 0 Å². The number of rotatable bonds is 5. The number of amides is 1. The first-order valence-electron chi connectivity index (χ1n) is 5.14. The van der Waals surface area contributed by atoms with Gasteiger partial charge in [0.1, 0.15) is 0 Å². The fourth-order valence-electron chi connectivity index (χ4n) is 1.23. The summed E-state index contributed by atoms with van der Waals surface area (Å²) in [6, 6.07) is 3.76. The van der Waals surface area contributed by atoms with E-state index in [1.54, 1.807) is 19.4 Å². The van der Waals surface area contributed by atoms with Crippen LogP contribution in [0.25, 0.3) is 0 Å². The Hall–Kier alpha value is -2.17. The third-order valence-corrected chi connectivity index (χ3v) is 2.23. The van der Waals surface area contributed by atoms with Gasteiger partial charge in [-0.15, -0.1) is 0 Å². The van der Waals surface area contributed by atoms with Crippen LogP contribution in [0.2, 0.25) is 0 Å². The van der Waals surface area contributed by atoms with Crippen molar-refractivity contribution >= 4 is 11.9 Å². The molecule has 1 aromatic rings. The van der Waals surface area contributed by atoms with Crippen LogP contribution in [0.4, 0.5) is 0 Å². The van der Waals surface area contributed by atoms with Crippen molar-refractivity contribution in [1.82, 2.24) is 9.88 Å². The summed E-state index contributed by atoms with van der Waals surface area (Å²) in [5.41, 5.74) is 1.09. The van der Waals surface area contributed by atoms with Crippen molar-refractivity contribution in [2.24, 2.45) is 0 Å². The number of carboxylic acid groups (broad SMARTS) is 1. The van der Waals surface area contributed by atoms with E-state index in [4.69, 9.17) is 5.11 Å². The van der Waals surface area contributed by atoms with E-state index in [1.165, 1.54) is 4.90 Å². The summed E-state index contributed by atoms with van der Waals surface area (Å²) in [6.45, 7) is 0.535. The molecule has 0 fully saturated rings. The average molecular weight is 234 g/mol. The van der Waals surface area contributed by atoms with Crippen molar-refractivity contribution in [1.29, 1.82) is 0 Å². The maximum absolute atomic E-state index is 11.4. The topological polar surface area (TPSA) is 70.5 Å². The summed E-state index contributed by atoms with van der Waals surface area (Å²) < 4.78 is 0. The predicted molar refractivity (Wildman–Crippen MR) is 62.4 cm³/mol. The molecule has 1 aromatic heterocycles. The Morgan fingerprint density at radius 1 is 1.35 bits per heavy atom. The molecule has 0 spiro atoms. The maximum atomic E-state index is 11.4. The highest BCUT2D eigenvalue weighted by molar-refractivity contribution is 5.93. The van der Waals surface area contributed by atoms with Gasteiger partial charge in [0.05, 0.1) is 0 Å². The second-order valence-corrected chi connectivity index (χ2v) is 3.54. The van der Waals surface area contributed by atoms with Gasteiger partial charge in [-0.1, -0.05) is 0 Å². The van der Waals surface area contributed by atoms with E-state index in [0.29, 0.717) is 13.0 Å². The quantitative estimate of drug-likeness (QED) is 0.762. The molecule has 0 saturated heterocycles.